The van der Waals surface area contributed by atoms with Crippen LogP contribution in [0.1, 0.15) is 35.2 Å². The van der Waals surface area contributed by atoms with Crippen LogP contribution in [0.2, 0.25) is 0 Å². The lowest BCUT2D eigenvalue weighted by Gasteiger charge is -2.28. The second-order valence-corrected chi connectivity index (χ2v) is 6.78. The van der Waals surface area contributed by atoms with Crippen LogP contribution in [0, 0.1) is 0 Å². The maximum Gasteiger partial charge on any atom is 0.185 e. The van der Waals surface area contributed by atoms with E-state index in [9.17, 15) is 4.79 Å². The second kappa shape index (κ2) is 8.02. The molecule has 0 N–H and O–H groups in total. The zero-order valence-corrected chi connectivity index (χ0v) is 15.1. The number of nitrogens with zero attached hydrogens (tertiary/aromatic N) is 2. The number of hydrogen-bond acceptors (Lipinski definition) is 3. The quantitative estimate of drug-likeness (QED) is 0.588. The normalized spacial score (nSPS) is 14.7. The first-order chi connectivity index (χ1) is 12.1. The number of anilines is 2. The largest absolute Gasteiger partial charge is 0.378 e. The average molecular weight is 334 g/mol. The molecule has 0 spiro atoms. The van der Waals surface area contributed by atoms with Crippen molar-refractivity contribution in [1.29, 1.82) is 0 Å². The summed E-state index contributed by atoms with van der Waals surface area (Å²) in [6.45, 7) is 2.24. The van der Waals surface area contributed by atoms with Crippen molar-refractivity contribution in [3.8, 4) is 0 Å². The predicted octanol–water partition coefficient (Wildman–Crippen LogP) is 4.64. The van der Waals surface area contributed by atoms with Crippen LogP contribution in [-0.4, -0.2) is 33.0 Å². The summed E-state index contributed by atoms with van der Waals surface area (Å²) in [6, 6.07) is 16.2. The Morgan fingerprint density at radius 1 is 0.920 bits per heavy atom. The number of hydrogen-bond donors (Lipinski definition) is 0. The molecular formula is C22H26N2O. The summed E-state index contributed by atoms with van der Waals surface area (Å²) in [5, 5.41) is 0. The first-order valence-corrected chi connectivity index (χ1v) is 8.98. The smallest absolute Gasteiger partial charge is 0.185 e. The molecular weight excluding hydrogens is 308 g/mol. The van der Waals surface area contributed by atoms with Crippen molar-refractivity contribution in [2.24, 2.45) is 0 Å². The summed E-state index contributed by atoms with van der Waals surface area (Å²) in [5.41, 5.74) is 4.14. The van der Waals surface area contributed by atoms with E-state index in [1.165, 1.54) is 24.9 Å². The topological polar surface area (TPSA) is 23.6 Å². The van der Waals surface area contributed by atoms with Crippen LogP contribution in [0.3, 0.4) is 0 Å². The van der Waals surface area contributed by atoms with Crippen molar-refractivity contribution in [3.63, 3.8) is 0 Å². The monoisotopic (exact) mass is 334 g/mol. The van der Waals surface area contributed by atoms with Gasteiger partial charge in [0.15, 0.2) is 5.78 Å². The molecule has 2 aromatic carbocycles. The molecule has 2 aromatic rings. The van der Waals surface area contributed by atoms with Crippen LogP contribution in [0.5, 0.6) is 0 Å². The van der Waals surface area contributed by atoms with E-state index < -0.39 is 0 Å². The summed E-state index contributed by atoms with van der Waals surface area (Å²) < 4.78 is 0. The minimum Gasteiger partial charge on any atom is -0.378 e. The van der Waals surface area contributed by atoms with Gasteiger partial charge in [-0.05, 0) is 67.3 Å². The third-order valence-corrected chi connectivity index (χ3v) is 4.71. The van der Waals surface area contributed by atoms with Gasteiger partial charge >= 0.3 is 0 Å². The maximum atomic E-state index is 12.4. The van der Waals surface area contributed by atoms with Crippen LogP contribution in [0.4, 0.5) is 11.4 Å². The summed E-state index contributed by atoms with van der Waals surface area (Å²) >= 11 is 0. The highest BCUT2D eigenvalue weighted by molar-refractivity contribution is 6.07. The summed E-state index contributed by atoms with van der Waals surface area (Å²) in [6.07, 6.45) is 7.38. The third-order valence-electron chi connectivity index (χ3n) is 4.71. The Morgan fingerprint density at radius 2 is 1.56 bits per heavy atom. The lowest BCUT2D eigenvalue weighted by atomic mass is 10.1. The van der Waals surface area contributed by atoms with Crippen molar-refractivity contribution < 1.29 is 4.79 Å². The fourth-order valence-corrected chi connectivity index (χ4v) is 3.14. The van der Waals surface area contributed by atoms with E-state index in [0.717, 1.165) is 29.9 Å². The zero-order valence-electron chi connectivity index (χ0n) is 15.1. The van der Waals surface area contributed by atoms with Crippen molar-refractivity contribution in [1.82, 2.24) is 0 Å². The SMILES string of the molecule is CN(C)c1ccc(/C=C/C(=O)c2ccc(N3CCCCC3)cc2)cc1. The fraction of sp³-hybridized carbons (Fsp3) is 0.318. The Morgan fingerprint density at radius 3 is 2.16 bits per heavy atom. The number of rotatable bonds is 5. The van der Waals surface area contributed by atoms with E-state index >= 15 is 0 Å². The van der Waals surface area contributed by atoms with E-state index in [1.54, 1.807) is 6.08 Å². The third kappa shape index (κ3) is 4.50. The molecule has 0 atom stereocenters. The maximum absolute atomic E-state index is 12.4. The van der Waals surface area contributed by atoms with E-state index in [2.05, 4.69) is 34.1 Å². The van der Waals surface area contributed by atoms with E-state index in [0.29, 0.717) is 0 Å². The molecule has 0 aliphatic carbocycles. The molecule has 0 saturated carbocycles. The molecule has 0 radical (unpaired) electrons. The summed E-state index contributed by atoms with van der Waals surface area (Å²) in [7, 11) is 4.03. The molecule has 0 amide bonds. The van der Waals surface area contributed by atoms with Gasteiger partial charge in [0.25, 0.3) is 0 Å². The minimum atomic E-state index is 0.0434. The lowest BCUT2D eigenvalue weighted by molar-refractivity contribution is 0.104. The van der Waals surface area contributed by atoms with Gasteiger partial charge in [0.2, 0.25) is 0 Å². The van der Waals surface area contributed by atoms with E-state index in [1.807, 2.05) is 44.4 Å². The first-order valence-electron chi connectivity index (χ1n) is 8.98. The molecule has 3 rings (SSSR count). The van der Waals surface area contributed by atoms with Gasteiger partial charge in [0.1, 0.15) is 0 Å². The Bertz CT molecular complexity index is 724. The fourth-order valence-electron chi connectivity index (χ4n) is 3.14. The van der Waals surface area contributed by atoms with Gasteiger partial charge in [0, 0.05) is 44.1 Å². The van der Waals surface area contributed by atoms with Gasteiger partial charge in [-0.2, -0.15) is 0 Å². The Labute approximate surface area is 150 Å². The number of piperidine rings is 1. The zero-order chi connectivity index (χ0) is 17.6. The molecule has 1 fully saturated rings. The number of ketones is 1. The highest BCUT2D eigenvalue weighted by Crippen LogP contribution is 2.20. The van der Waals surface area contributed by atoms with Crippen LogP contribution in [0.15, 0.2) is 54.6 Å². The lowest BCUT2D eigenvalue weighted by Crippen LogP contribution is -2.29. The molecule has 1 aliphatic rings. The predicted molar refractivity (Wildman–Crippen MR) is 107 cm³/mol. The molecule has 1 heterocycles. The molecule has 1 saturated heterocycles. The van der Waals surface area contributed by atoms with Gasteiger partial charge in [-0.3, -0.25) is 4.79 Å². The summed E-state index contributed by atoms with van der Waals surface area (Å²) in [5.74, 6) is 0.0434. The van der Waals surface area contributed by atoms with Crippen molar-refractivity contribution in [3.05, 3.63) is 65.7 Å². The highest BCUT2D eigenvalue weighted by Gasteiger charge is 2.11. The van der Waals surface area contributed by atoms with Gasteiger partial charge in [-0.25, -0.2) is 0 Å². The molecule has 1 aliphatic heterocycles. The van der Waals surface area contributed by atoms with Gasteiger partial charge in [-0.1, -0.05) is 18.2 Å². The summed E-state index contributed by atoms with van der Waals surface area (Å²) in [4.78, 5) is 16.8. The number of carbonyl (C=O) groups excluding carboxylic acids is 1. The highest BCUT2D eigenvalue weighted by atomic mass is 16.1. The van der Waals surface area contributed by atoms with Crippen LogP contribution in [-0.2, 0) is 0 Å². The van der Waals surface area contributed by atoms with Gasteiger partial charge in [-0.15, -0.1) is 0 Å². The van der Waals surface area contributed by atoms with Crippen molar-refractivity contribution in [2.45, 2.75) is 19.3 Å². The Balaban J connectivity index is 1.64. The van der Waals surface area contributed by atoms with Crippen LogP contribution < -0.4 is 9.80 Å². The molecule has 0 aromatic heterocycles. The van der Waals surface area contributed by atoms with E-state index in [4.69, 9.17) is 0 Å². The van der Waals surface area contributed by atoms with Gasteiger partial charge < -0.3 is 9.80 Å². The van der Waals surface area contributed by atoms with Gasteiger partial charge in [0.05, 0.1) is 0 Å². The van der Waals surface area contributed by atoms with Crippen molar-refractivity contribution in [2.75, 3.05) is 37.0 Å². The Kier molecular flexibility index (Phi) is 5.54. The first kappa shape index (κ1) is 17.3. The number of allylic oxidation sites excluding steroid dienone is 1. The number of benzene rings is 2. The number of carbonyl (C=O) groups is 1. The molecule has 3 heteroatoms. The second-order valence-electron chi connectivity index (χ2n) is 6.78. The molecule has 130 valence electrons. The molecule has 0 bridgehead atoms. The Hall–Kier alpha value is -2.55. The molecule has 0 unspecified atom stereocenters. The van der Waals surface area contributed by atoms with Crippen LogP contribution in [0.25, 0.3) is 6.08 Å². The molecule has 3 nitrogen and oxygen atoms in total. The standard InChI is InChI=1S/C22H26N2O/c1-23(2)20-11-6-18(7-12-20)8-15-22(25)19-9-13-21(14-10-19)24-16-4-3-5-17-24/h6-15H,3-5,16-17H2,1-2H3/b15-8+. The van der Waals surface area contributed by atoms with Crippen LogP contribution >= 0.6 is 0 Å². The minimum absolute atomic E-state index is 0.0434. The van der Waals surface area contributed by atoms with Crippen molar-refractivity contribution >= 4 is 23.2 Å². The van der Waals surface area contributed by atoms with E-state index in [-0.39, 0.29) is 5.78 Å². The average Bonchev–Trinajstić information content (AvgIpc) is 2.67. The molecule has 25 heavy (non-hydrogen) atoms.